The summed E-state index contributed by atoms with van der Waals surface area (Å²) < 4.78 is 11.3. The topological polar surface area (TPSA) is 98.9 Å². The number of carboxylic acids is 1. The Kier molecular flexibility index (Phi) is 4.42. The normalized spacial score (nSPS) is 25.3. The number of benzene rings is 1. The number of rotatable bonds is 4. The van der Waals surface area contributed by atoms with E-state index in [1.165, 1.54) is 18.2 Å². The maximum Gasteiger partial charge on any atom is 0.342 e. The largest absolute Gasteiger partial charge is 0.483 e. The molecule has 1 saturated heterocycles. The minimum absolute atomic E-state index is 0.000428. The van der Waals surface area contributed by atoms with Gasteiger partial charge in [-0.1, -0.05) is 6.07 Å². The van der Waals surface area contributed by atoms with Crippen LogP contribution in [-0.2, 0) is 4.74 Å². The van der Waals surface area contributed by atoms with E-state index in [4.69, 9.17) is 14.6 Å². The third-order valence-electron chi connectivity index (χ3n) is 3.36. The van der Waals surface area contributed by atoms with Crippen molar-refractivity contribution in [2.45, 2.75) is 45.0 Å². The molecular weight excluding hydrogens is 278 g/mol. The molecule has 21 heavy (non-hydrogen) atoms. The lowest BCUT2D eigenvalue weighted by Crippen LogP contribution is -2.35. The number of para-hydroxylation sites is 1. The number of aromatic carboxylic acids is 1. The summed E-state index contributed by atoms with van der Waals surface area (Å²) in [5, 5.41) is 20.2. The Morgan fingerprint density at radius 3 is 2.52 bits per heavy atom. The zero-order valence-corrected chi connectivity index (χ0v) is 11.8. The summed E-state index contributed by atoms with van der Waals surface area (Å²) in [4.78, 5) is 21.5. The van der Waals surface area contributed by atoms with Crippen LogP contribution in [0.4, 0.5) is 5.69 Å². The molecule has 0 bridgehead atoms. The average molecular weight is 295 g/mol. The molecule has 114 valence electrons. The summed E-state index contributed by atoms with van der Waals surface area (Å²) in [6.45, 7) is 3.82. The van der Waals surface area contributed by atoms with Gasteiger partial charge in [0.05, 0.1) is 17.1 Å². The molecule has 2 unspecified atom stereocenters. The highest BCUT2D eigenvalue weighted by Gasteiger charge is 2.30. The SMILES string of the molecule is CC1CC(Oc2cccc(C(=O)O)c2[N+](=O)[O-])CC(C)O1. The molecular formula is C14H17NO6. The van der Waals surface area contributed by atoms with E-state index in [1.807, 2.05) is 13.8 Å². The Morgan fingerprint density at radius 2 is 2.00 bits per heavy atom. The third-order valence-corrected chi connectivity index (χ3v) is 3.36. The van der Waals surface area contributed by atoms with Crippen LogP contribution in [-0.4, -0.2) is 34.3 Å². The second kappa shape index (κ2) is 6.09. The molecule has 0 aliphatic carbocycles. The van der Waals surface area contributed by atoms with E-state index in [0.717, 1.165) is 0 Å². The van der Waals surface area contributed by atoms with Crippen molar-refractivity contribution in [3.63, 3.8) is 0 Å². The lowest BCUT2D eigenvalue weighted by molar-refractivity contribution is -0.386. The van der Waals surface area contributed by atoms with Gasteiger partial charge in [0.25, 0.3) is 0 Å². The smallest absolute Gasteiger partial charge is 0.342 e. The van der Waals surface area contributed by atoms with Crippen molar-refractivity contribution in [3.05, 3.63) is 33.9 Å². The van der Waals surface area contributed by atoms with Crippen molar-refractivity contribution in [2.24, 2.45) is 0 Å². The highest BCUT2D eigenvalue weighted by molar-refractivity contribution is 5.93. The summed E-state index contributed by atoms with van der Waals surface area (Å²) in [5.41, 5.74) is -0.873. The molecule has 1 aliphatic heterocycles. The fraction of sp³-hybridized carbons (Fsp3) is 0.500. The molecule has 7 heteroatoms. The van der Waals surface area contributed by atoms with Gasteiger partial charge in [0.15, 0.2) is 5.75 Å². The molecule has 1 aromatic carbocycles. The Morgan fingerprint density at radius 1 is 1.38 bits per heavy atom. The Labute approximate surface area is 121 Å². The molecule has 0 amide bonds. The molecule has 1 fully saturated rings. The quantitative estimate of drug-likeness (QED) is 0.677. The summed E-state index contributed by atoms with van der Waals surface area (Å²) in [6.07, 6.45) is 0.991. The van der Waals surface area contributed by atoms with E-state index < -0.39 is 16.6 Å². The van der Waals surface area contributed by atoms with Crippen LogP contribution in [0.3, 0.4) is 0 Å². The van der Waals surface area contributed by atoms with Gasteiger partial charge in [-0.25, -0.2) is 4.79 Å². The van der Waals surface area contributed by atoms with Gasteiger partial charge in [0.2, 0.25) is 0 Å². The van der Waals surface area contributed by atoms with Crippen LogP contribution in [0.5, 0.6) is 5.75 Å². The van der Waals surface area contributed by atoms with Gasteiger partial charge in [-0.2, -0.15) is 0 Å². The number of nitrogens with zero attached hydrogens (tertiary/aromatic N) is 1. The van der Waals surface area contributed by atoms with E-state index >= 15 is 0 Å². The highest BCUT2D eigenvalue weighted by atomic mass is 16.6. The first-order chi connectivity index (χ1) is 9.88. The van der Waals surface area contributed by atoms with E-state index in [9.17, 15) is 14.9 Å². The standard InChI is InChI=1S/C14H17NO6/c1-8-6-10(7-9(2)20-8)21-12-5-3-4-11(14(16)17)13(12)15(18)19/h3-5,8-10H,6-7H2,1-2H3,(H,16,17). The Bertz CT molecular complexity index is 548. The summed E-state index contributed by atoms with van der Waals surface area (Å²) in [6, 6.07) is 4.07. The summed E-state index contributed by atoms with van der Waals surface area (Å²) in [5.74, 6) is -1.35. The minimum Gasteiger partial charge on any atom is -0.483 e. The van der Waals surface area contributed by atoms with Gasteiger partial charge in [-0.3, -0.25) is 10.1 Å². The van der Waals surface area contributed by atoms with Crippen molar-refractivity contribution in [2.75, 3.05) is 0 Å². The molecule has 2 rings (SSSR count). The van der Waals surface area contributed by atoms with E-state index in [-0.39, 0.29) is 29.6 Å². The molecule has 1 heterocycles. The number of nitro groups is 1. The Hall–Kier alpha value is -2.15. The molecule has 2 atom stereocenters. The number of hydrogen-bond acceptors (Lipinski definition) is 5. The van der Waals surface area contributed by atoms with E-state index in [2.05, 4.69) is 0 Å². The van der Waals surface area contributed by atoms with Crippen molar-refractivity contribution >= 4 is 11.7 Å². The second-order valence-corrected chi connectivity index (χ2v) is 5.18. The van der Waals surface area contributed by atoms with Crippen LogP contribution in [0.1, 0.15) is 37.0 Å². The van der Waals surface area contributed by atoms with Gasteiger partial charge < -0.3 is 14.6 Å². The van der Waals surface area contributed by atoms with Crippen LogP contribution < -0.4 is 4.74 Å². The lowest BCUT2D eigenvalue weighted by atomic mass is 10.0. The number of nitro benzene ring substituents is 1. The summed E-state index contributed by atoms with van der Waals surface area (Å²) >= 11 is 0. The molecule has 1 aliphatic rings. The number of carboxylic acid groups (broad SMARTS) is 1. The number of hydrogen-bond donors (Lipinski definition) is 1. The lowest BCUT2D eigenvalue weighted by Gasteiger charge is -2.32. The second-order valence-electron chi connectivity index (χ2n) is 5.18. The van der Waals surface area contributed by atoms with Crippen LogP contribution >= 0.6 is 0 Å². The zero-order chi connectivity index (χ0) is 15.6. The fourth-order valence-corrected chi connectivity index (χ4v) is 2.60. The predicted molar refractivity (Wildman–Crippen MR) is 73.7 cm³/mol. The third kappa shape index (κ3) is 3.49. The molecule has 7 nitrogen and oxygen atoms in total. The van der Waals surface area contributed by atoms with Crippen LogP contribution in [0, 0.1) is 10.1 Å². The minimum atomic E-state index is -1.35. The number of carbonyl (C=O) groups is 1. The first-order valence-electron chi connectivity index (χ1n) is 6.71. The number of ether oxygens (including phenoxy) is 2. The average Bonchev–Trinajstić information content (AvgIpc) is 2.36. The Balaban J connectivity index is 2.29. The van der Waals surface area contributed by atoms with E-state index in [0.29, 0.717) is 12.8 Å². The fourth-order valence-electron chi connectivity index (χ4n) is 2.60. The van der Waals surface area contributed by atoms with Gasteiger partial charge in [0.1, 0.15) is 11.7 Å². The zero-order valence-electron chi connectivity index (χ0n) is 11.8. The maximum atomic E-state index is 11.2. The first kappa shape index (κ1) is 15.2. The highest BCUT2D eigenvalue weighted by Crippen LogP contribution is 2.33. The van der Waals surface area contributed by atoms with E-state index in [1.54, 1.807) is 0 Å². The predicted octanol–water partition coefficient (Wildman–Crippen LogP) is 2.63. The molecule has 0 radical (unpaired) electrons. The molecule has 1 aromatic rings. The van der Waals surface area contributed by atoms with Gasteiger partial charge in [-0.15, -0.1) is 0 Å². The van der Waals surface area contributed by atoms with Crippen molar-refractivity contribution in [3.8, 4) is 5.75 Å². The van der Waals surface area contributed by atoms with Crippen molar-refractivity contribution in [1.29, 1.82) is 0 Å². The van der Waals surface area contributed by atoms with Gasteiger partial charge in [-0.05, 0) is 26.0 Å². The van der Waals surface area contributed by atoms with Gasteiger partial charge >= 0.3 is 11.7 Å². The molecule has 0 spiro atoms. The molecule has 0 saturated carbocycles. The monoisotopic (exact) mass is 295 g/mol. The van der Waals surface area contributed by atoms with Crippen LogP contribution in [0.2, 0.25) is 0 Å². The summed E-state index contributed by atoms with van der Waals surface area (Å²) in [7, 11) is 0. The van der Waals surface area contributed by atoms with Crippen LogP contribution in [0.25, 0.3) is 0 Å². The maximum absolute atomic E-state index is 11.2. The van der Waals surface area contributed by atoms with Gasteiger partial charge in [0, 0.05) is 12.8 Å². The van der Waals surface area contributed by atoms with Crippen molar-refractivity contribution < 1.29 is 24.3 Å². The molecule has 0 aromatic heterocycles. The first-order valence-corrected chi connectivity index (χ1v) is 6.71. The molecule has 1 N–H and O–H groups in total. The van der Waals surface area contributed by atoms with Crippen LogP contribution in [0.15, 0.2) is 18.2 Å². The van der Waals surface area contributed by atoms with Crippen molar-refractivity contribution in [1.82, 2.24) is 0 Å².